The number of aliphatic hydroxyl groups excluding tert-OH is 1. The third-order valence-electron chi connectivity index (χ3n) is 4.68. The molecule has 0 saturated carbocycles. The van der Waals surface area contributed by atoms with Crippen LogP contribution in [0.2, 0.25) is 0 Å². The highest BCUT2D eigenvalue weighted by atomic mass is 16.4. The summed E-state index contributed by atoms with van der Waals surface area (Å²) in [5.41, 5.74) is 1.00. The zero-order valence-corrected chi connectivity index (χ0v) is 11.5. The summed E-state index contributed by atoms with van der Waals surface area (Å²) in [5, 5.41) is 22.4. The molecular formula is C14H20N2O4. The van der Waals surface area contributed by atoms with Crippen LogP contribution in [-0.4, -0.2) is 51.7 Å². The van der Waals surface area contributed by atoms with Gasteiger partial charge in [-0.2, -0.15) is 0 Å². The van der Waals surface area contributed by atoms with E-state index in [4.69, 9.17) is 0 Å². The molecule has 2 fully saturated rings. The van der Waals surface area contributed by atoms with E-state index in [-0.39, 0.29) is 17.6 Å². The zero-order valence-electron chi connectivity index (χ0n) is 11.5. The molecule has 3 rings (SSSR count). The number of carboxylic acid groups (broad SMARTS) is 1. The van der Waals surface area contributed by atoms with Gasteiger partial charge in [-0.25, -0.2) is 4.79 Å². The van der Waals surface area contributed by atoms with Gasteiger partial charge >= 0.3 is 5.97 Å². The molecule has 0 aliphatic carbocycles. The van der Waals surface area contributed by atoms with E-state index in [2.05, 4.69) is 5.32 Å². The van der Waals surface area contributed by atoms with E-state index in [1.807, 2.05) is 0 Å². The summed E-state index contributed by atoms with van der Waals surface area (Å²) >= 11 is 0. The van der Waals surface area contributed by atoms with Crippen LogP contribution in [0.3, 0.4) is 0 Å². The Hall–Kier alpha value is -1.40. The van der Waals surface area contributed by atoms with Crippen molar-refractivity contribution in [3.63, 3.8) is 0 Å². The van der Waals surface area contributed by atoms with Gasteiger partial charge in [0.1, 0.15) is 5.70 Å². The molecule has 0 aromatic carbocycles. The number of aliphatic carboxylic acids is 1. The van der Waals surface area contributed by atoms with Gasteiger partial charge in [0.05, 0.1) is 18.1 Å². The average molecular weight is 280 g/mol. The number of nitrogens with one attached hydrogen (secondary N) is 1. The van der Waals surface area contributed by atoms with Crippen molar-refractivity contribution in [2.75, 3.05) is 6.54 Å². The Morgan fingerprint density at radius 2 is 2.30 bits per heavy atom. The molecule has 110 valence electrons. The van der Waals surface area contributed by atoms with Crippen molar-refractivity contribution in [2.45, 2.75) is 50.8 Å². The molecular weight excluding hydrogens is 260 g/mol. The number of carbonyl (C=O) groups excluding carboxylic acids is 1. The Balaban J connectivity index is 1.81. The number of aliphatic hydroxyl groups is 1. The predicted molar refractivity (Wildman–Crippen MR) is 70.7 cm³/mol. The van der Waals surface area contributed by atoms with E-state index in [0.29, 0.717) is 18.9 Å². The van der Waals surface area contributed by atoms with Gasteiger partial charge in [0.25, 0.3) is 0 Å². The first kappa shape index (κ1) is 13.6. The van der Waals surface area contributed by atoms with E-state index < -0.39 is 18.0 Å². The Labute approximate surface area is 117 Å². The Morgan fingerprint density at radius 1 is 1.55 bits per heavy atom. The van der Waals surface area contributed by atoms with Crippen LogP contribution < -0.4 is 5.32 Å². The average Bonchev–Trinajstić information content (AvgIpc) is 2.95. The number of carbonyl (C=O) groups is 2. The SMILES string of the molecule is C[C@@H](O)[C@H]1C(=O)N2C(C(=O)O)=C(C[C@@H]3CCCN3)C[C@H]12. The fourth-order valence-electron chi connectivity index (χ4n) is 3.77. The third kappa shape index (κ3) is 1.94. The molecule has 3 heterocycles. The lowest BCUT2D eigenvalue weighted by atomic mass is 9.82. The van der Waals surface area contributed by atoms with Crippen LogP contribution in [0.5, 0.6) is 0 Å². The molecule has 0 unspecified atom stereocenters. The van der Waals surface area contributed by atoms with E-state index in [1.165, 1.54) is 4.90 Å². The quantitative estimate of drug-likeness (QED) is 0.634. The highest BCUT2D eigenvalue weighted by Crippen LogP contribution is 2.45. The minimum atomic E-state index is -1.03. The van der Waals surface area contributed by atoms with E-state index in [1.54, 1.807) is 6.92 Å². The van der Waals surface area contributed by atoms with E-state index in [0.717, 1.165) is 25.0 Å². The monoisotopic (exact) mass is 280 g/mol. The number of nitrogens with zero attached hydrogens (tertiary/aromatic N) is 1. The number of hydrogen-bond donors (Lipinski definition) is 3. The molecule has 3 N–H and O–H groups in total. The highest BCUT2D eigenvalue weighted by molar-refractivity contribution is 5.99. The molecule has 0 radical (unpaired) electrons. The normalized spacial score (nSPS) is 34.2. The van der Waals surface area contributed by atoms with Crippen molar-refractivity contribution in [1.29, 1.82) is 0 Å². The summed E-state index contributed by atoms with van der Waals surface area (Å²) in [6.07, 6.45) is 2.72. The van der Waals surface area contributed by atoms with Crippen LogP contribution in [0.1, 0.15) is 32.6 Å². The van der Waals surface area contributed by atoms with Gasteiger partial charge in [-0.1, -0.05) is 0 Å². The van der Waals surface area contributed by atoms with Crippen molar-refractivity contribution in [1.82, 2.24) is 10.2 Å². The van der Waals surface area contributed by atoms with Crippen molar-refractivity contribution in [3.05, 3.63) is 11.3 Å². The molecule has 3 aliphatic rings. The topological polar surface area (TPSA) is 89.9 Å². The van der Waals surface area contributed by atoms with Crippen LogP contribution in [-0.2, 0) is 9.59 Å². The number of amides is 1. The van der Waals surface area contributed by atoms with Crippen molar-refractivity contribution >= 4 is 11.9 Å². The lowest BCUT2D eigenvalue weighted by Gasteiger charge is -2.44. The first-order chi connectivity index (χ1) is 9.50. The molecule has 4 atom stereocenters. The predicted octanol–water partition coefficient (Wildman–Crippen LogP) is 0.0787. The first-order valence-electron chi connectivity index (χ1n) is 7.20. The molecule has 6 nitrogen and oxygen atoms in total. The molecule has 2 saturated heterocycles. The van der Waals surface area contributed by atoms with Crippen molar-refractivity contribution in [2.24, 2.45) is 5.92 Å². The molecule has 6 heteroatoms. The summed E-state index contributed by atoms with van der Waals surface area (Å²) in [6.45, 7) is 2.57. The number of carboxylic acids is 1. The van der Waals surface area contributed by atoms with Crippen LogP contribution in [0.15, 0.2) is 11.3 Å². The summed E-state index contributed by atoms with van der Waals surface area (Å²) < 4.78 is 0. The van der Waals surface area contributed by atoms with Gasteiger partial charge in [0.2, 0.25) is 5.91 Å². The molecule has 0 spiro atoms. The maximum absolute atomic E-state index is 12.0. The van der Waals surface area contributed by atoms with Crippen molar-refractivity contribution < 1.29 is 19.8 Å². The van der Waals surface area contributed by atoms with Gasteiger partial charge in [-0.15, -0.1) is 0 Å². The van der Waals surface area contributed by atoms with Crippen LogP contribution >= 0.6 is 0 Å². The second-order valence-corrected chi connectivity index (χ2v) is 6.00. The molecule has 0 aromatic heterocycles. The maximum Gasteiger partial charge on any atom is 0.352 e. The lowest BCUT2D eigenvalue weighted by Crippen LogP contribution is -2.61. The Morgan fingerprint density at radius 3 is 2.85 bits per heavy atom. The highest BCUT2D eigenvalue weighted by Gasteiger charge is 2.56. The second-order valence-electron chi connectivity index (χ2n) is 6.00. The van der Waals surface area contributed by atoms with Crippen LogP contribution in [0.25, 0.3) is 0 Å². The minimum absolute atomic E-state index is 0.158. The summed E-state index contributed by atoms with van der Waals surface area (Å²) in [5.74, 6) is -1.73. The van der Waals surface area contributed by atoms with E-state index in [9.17, 15) is 19.8 Å². The van der Waals surface area contributed by atoms with Gasteiger partial charge in [-0.3, -0.25) is 4.79 Å². The third-order valence-corrected chi connectivity index (χ3v) is 4.68. The molecule has 1 amide bonds. The molecule has 3 aliphatic heterocycles. The summed E-state index contributed by atoms with van der Waals surface area (Å²) in [7, 11) is 0. The standard InChI is InChI=1S/C14H20N2O4/c1-7(17)11-10-6-8(5-9-3-2-4-15-9)12(14(19)20)16(10)13(11)18/h7,9-11,15,17H,2-6H2,1H3,(H,19,20)/t7-,9+,10-,11-/m1/s1. The minimum Gasteiger partial charge on any atom is -0.477 e. The van der Waals surface area contributed by atoms with Gasteiger partial charge < -0.3 is 20.4 Å². The molecule has 20 heavy (non-hydrogen) atoms. The summed E-state index contributed by atoms with van der Waals surface area (Å²) in [4.78, 5) is 24.9. The van der Waals surface area contributed by atoms with Gasteiger partial charge in [0.15, 0.2) is 0 Å². The molecule has 0 aromatic rings. The fraction of sp³-hybridized carbons (Fsp3) is 0.714. The van der Waals surface area contributed by atoms with Gasteiger partial charge in [0, 0.05) is 6.04 Å². The van der Waals surface area contributed by atoms with E-state index >= 15 is 0 Å². The largest absolute Gasteiger partial charge is 0.477 e. The Bertz CT molecular complexity index is 480. The zero-order chi connectivity index (χ0) is 14.4. The maximum atomic E-state index is 12.0. The number of rotatable bonds is 4. The fourth-order valence-corrected chi connectivity index (χ4v) is 3.77. The molecule has 0 bridgehead atoms. The van der Waals surface area contributed by atoms with Gasteiger partial charge in [-0.05, 0) is 44.7 Å². The van der Waals surface area contributed by atoms with Crippen LogP contribution in [0.4, 0.5) is 0 Å². The number of fused-ring (bicyclic) bond motifs is 1. The smallest absolute Gasteiger partial charge is 0.352 e. The number of β-lactam (4-membered cyclic amide) rings is 1. The second kappa shape index (κ2) is 4.86. The lowest BCUT2D eigenvalue weighted by molar-refractivity contribution is -0.161. The first-order valence-corrected chi connectivity index (χ1v) is 7.20. The Kier molecular flexibility index (Phi) is 3.30. The number of hydrogen-bond acceptors (Lipinski definition) is 4. The summed E-state index contributed by atoms with van der Waals surface area (Å²) in [6, 6.07) is 0.156. The van der Waals surface area contributed by atoms with Crippen molar-refractivity contribution in [3.8, 4) is 0 Å². The van der Waals surface area contributed by atoms with Crippen LogP contribution in [0, 0.1) is 5.92 Å².